The van der Waals surface area contributed by atoms with Crippen molar-refractivity contribution in [2.45, 2.75) is 0 Å². The van der Waals surface area contributed by atoms with Gasteiger partial charge in [0.1, 0.15) is 5.75 Å². The molecule has 3 aromatic rings. The predicted octanol–water partition coefficient (Wildman–Crippen LogP) is 3.46. The van der Waals surface area contributed by atoms with Crippen molar-refractivity contribution in [3.63, 3.8) is 0 Å². The molecule has 3 rings (SSSR count). The van der Waals surface area contributed by atoms with Crippen LogP contribution >= 0.6 is 15.9 Å². The molecule has 1 aromatic heterocycles. The zero-order chi connectivity index (χ0) is 13.4. The van der Waals surface area contributed by atoms with Crippen molar-refractivity contribution in [2.75, 3.05) is 0 Å². The van der Waals surface area contributed by atoms with E-state index in [2.05, 4.69) is 15.9 Å². The molecule has 3 nitrogen and oxygen atoms in total. The summed E-state index contributed by atoms with van der Waals surface area (Å²) in [5.74, 6) is 0.177. The van der Waals surface area contributed by atoms with E-state index in [1.807, 2.05) is 18.2 Å². The van der Waals surface area contributed by atoms with Gasteiger partial charge in [0, 0.05) is 27.1 Å². The topological polar surface area (TPSA) is 42.2 Å². The number of hydrogen-bond acceptors (Lipinski definition) is 2. The smallest absolute Gasteiger partial charge is 0.263 e. The summed E-state index contributed by atoms with van der Waals surface area (Å²) in [5, 5.41) is 10.9. The lowest BCUT2D eigenvalue weighted by molar-refractivity contribution is 0.475. The van der Waals surface area contributed by atoms with E-state index in [4.69, 9.17) is 0 Å². The summed E-state index contributed by atoms with van der Waals surface area (Å²) >= 11 is 3.48. The van der Waals surface area contributed by atoms with Crippen LogP contribution in [0, 0.1) is 0 Å². The fourth-order valence-corrected chi connectivity index (χ4v) is 2.60. The first-order valence-electron chi connectivity index (χ1n) is 5.76. The van der Waals surface area contributed by atoms with E-state index in [1.165, 1.54) is 0 Å². The van der Waals surface area contributed by atoms with Crippen LogP contribution in [-0.2, 0) is 0 Å². The maximum atomic E-state index is 12.4. The maximum absolute atomic E-state index is 12.4. The first-order chi connectivity index (χ1) is 9.16. The molecular formula is C15H10BrNO2. The standard InChI is InChI=1S/C15H10BrNO2/c16-14-9-17(10-5-7-11(18)8-6-10)15(19)13-4-2-1-3-12(13)14/h1-9,18H. The average molecular weight is 316 g/mol. The van der Waals surface area contributed by atoms with Gasteiger partial charge in [-0.25, -0.2) is 0 Å². The third-order valence-electron chi connectivity index (χ3n) is 3.00. The number of pyridine rings is 1. The number of halogens is 1. The van der Waals surface area contributed by atoms with Crippen LogP contribution in [0.3, 0.4) is 0 Å². The van der Waals surface area contributed by atoms with Crippen LogP contribution in [0.5, 0.6) is 5.75 Å². The Morgan fingerprint density at radius 2 is 1.58 bits per heavy atom. The van der Waals surface area contributed by atoms with Crippen molar-refractivity contribution >= 4 is 26.7 Å². The van der Waals surface area contributed by atoms with E-state index in [9.17, 15) is 9.90 Å². The minimum absolute atomic E-state index is 0.0792. The normalized spacial score (nSPS) is 10.8. The summed E-state index contributed by atoms with van der Waals surface area (Å²) in [4.78, 5) is 12.4. The summed E-state index contributed by atoms with van der Waals surface area (Å²) in [6.45, 7) is 0. The van der Waals surface area contributed by atoms with Crippen molar-refractivity contribution in [3.8, 4) is 11.4 Å². The second-order valence-electron chi connectivity index (χ2n) is 4.21. The lowest BCUT2D eigenvalue weighted by atomic mass is 10.1. The van der Waals surface area contributed by atoms with Crippen molar-refractivity contribution in [1.29, 1.82) is 0 Å². The van der Waals surface area contributed by atoms with Crippen molar-refractivity contribution in [3.05, 3.63) is 69.6 Å². The van der Waals surface area contributed by atoms with Gasteiger partial charge in [-0.15, -0.1) is 0 Å². The zero-order valence-corrected chi connectivity index (χ0v) is 11.5. The van der Waals surface area contributed by atoms with Crippen LogP contribution in [0.1, 0.15) is 0 Å². The molecule has 0 amide bonds. The molecule has 0 saturated heterocycles. The molecule has 0 saturated carbocycles. The van der Waals surface area contributed by atoms with Gasteiger partial charge in [0.2, 0.25) is 0 Å². The maximum Gasteiger partial charge on any atom is 0.263 e. The van der Waals surface area contributed by atoms with Crippen LogP contribution in [0.4, 0.5) is 0 Å². The molecular weight excluding hydrogens is 306 g/mol. The number of aromatic nitrogens is 1. The van der Waals surface area contributed by atoms with Gasteiger partial charge in [-0.05, 0) is 46.3 Å². The third kappa shape index (κ3) is 2.04. The quantitative estimate of drug-likeness (QED) is 0.747. The van der Waals surface area contributed by atoms with Crippen molar-refractivity contribution in [1.82, 2.24) is 4.57 Å². The molecule has 94 valence electrons. The van der Waals surface area contributed by atoms with Crippen LogP contribution in [0.25, 0.3) is 16.5 Å². The Hall–Kier alpha value is -2.07. The SMILES string of the molecule is O=c1c2ccccc2c(Br)cn1-c1ccc(O)cc1. The van der Waals surface area contributed by atoms with Crippen LogP contribution in [0.2, 0.25) is 0 Å². The fraction of sp³-hybridized carbons (Fsp3) is 0. The van der Waals surface area contributed by atoms with Crippen LogP contribution in [-0.4, -0.2) is 9.67 Å². The Balaban J connectivity index is 2.34. The highest BCUT2D eigenvalue weighted by atomic mass is 79.9. The Labute approximate surface area is 117 Å². The summed E-state index contributed by atoms with van der Waals surface area (Å²) in [7, 11) is 0. The van der Waals surface area contributed by atoms with E-state index in [0.717, 1.165) is 9.86 Å². The molecule has 2 aromatic carbocycles. The first-order valence-corrected chi connectivity index (χ1v) is 6.55. The number of phenols is 1. The number of rotatable bonds is 1. The van der Waals surface area contributed by atoms with E-state index < -0.39 is 0 Å². The Morgan fingerprint density at radius 1 is 0.947 bits per heavy atom. The van der Waals surface area contributed by atoms with Gasteiger partial charge in [0.05, 0.1) is 0 Å². The van der Waals surface area contributed by atoms with Gasteiger partial charge in [-0.2, -0.15) is 0 Å². The average Bonchev–Trinajstić information content (AvgIpc) is 2.44. The first kappa shape index (κ1) is 12.0. The van der Waals surface area contributed by atoms with Gasteiger partial charge in [-0.1, -0.05) is 18.2 Å². The van der Waals surface area contributed by atoms with Crippen LogP contribution < -0.4 is 5.56 Å². The molecule has 19 heavy (non-hydrogen) atoms. The van der Waals surface area contributed by atoms with Gasteiger partial charge in [-0.3, -0.25) is 9.36 Å². The number of phenolic OH excluding ortho intramolecular Hbond substituents is 1. The molecule has 1 N–H and O–H groups in total. The molecule has 0 aliphatic heterocycles. The number of aromatic hydroxyl groups is 1. The molecule has 1 heterocycles. The minimum Gasteiger partial charge on any atom is -0.508 e. The van der Waals surface area contributed by atoms with Gasteiger partial charge in [0.15, 0.2) is 0 Å². The van der Waals surface area contributed by atoms with Gasteiger partial charge >= 0.3 is 0 Å². The fourth-order valence-electron chi connectivity index (χ4n) is 2.05. The second-order valence-corrected chi connectivity index (χ2v) is 5.07. The molecule has 0 bridgehead atoms. The Morgan fingerprint density at radius 3 is 2.26 bits per heavy atom. The number of fused-ring (bicyclic) bond motifs is 1. The van der Waals surface area contributed by atoms with E-state index in [1.54, 1.807) is 41.1 Å². The monoisotopic (exact) mass is 315 g/mol. The molecule has 0 unspecified atom stereocenters. The molecule has 0 aliphatic rings. The summed E-state index contributed by atoms with van der Waals surface area (Å²) in [5.41, 5.74) is 0.638. The van der Waals surface area contributed by atoms with Gasteiger partial charge < -0.3 is 5.11 Å². The molecule has 0 atom stereocenters. The number of hydrogen-bond donors (Lipinski definition) is 1. The molecule has 0 aliphatic carbocycles. The van der Waals surface area contributed by atoms with Crippen molar-refractivity contribution < 1.29 is 5.11 Å². The molecule has 0 radical (unpaired) electrons. The molecule has 0 fully saturated rings. The summed E-state index contributed by atoms with van der Waals surface area (Å²) in [6, 6.07) is 14.0. The lowest BCUT2D eigenvalue weighted by Gasteiger charge is -2.09. The number of benzene rings is 2. The highest BCUT2D eigenvalue weighted by Crippen LogP contribution is 2.22. The molecule has 4 heteroatoms. The summed E-state index contributed by atoms with van der Waals surface area (Å²) in [6.07, 6.45) is 1.75. The minimum atomic E-state index is -0.0792. The Bertz CT molecular complexity index is 806. The van der Waals surface area contributed by atoms with Crippen LogP contribution in [0.15, 0.2) is 64.0 Å². The number of nitrogens with zero attached hydrogens (tertiary/aromatic N) is 1. The second kappa shape index (κ2) is 4.55. The largest absolute Gasteiger partial charge is 0.508 e. The van der Waals surface area contributed by atoms with Crippen molar-refractivity contribution in [2.24, 2.45) is 0 Å². The zero-order valence-electron chi connectivity index (χ0n) is 9.88. The van der Waals surface area contributed by atoms with E-state index in [0.29, 0.717) is 11.1 Å². The highest BCUT2D eigenvalue weighted by Gasteiger charge is 2.07. The van der Waals surface area contributed by atoms with E-state index in [-0.39, 0.29) is 11.3 Å². The summed E-state index contributed by atoms with van der Waals surface area (Å²) < 4.78 is 2.42. The lowest BCUT2D eigenvalue weighted by Crippen LogP contribution is -2.17. The predicted molar refractivity (Wildman–Crippen MR) is 78.9 cm³/mol. The Kier molecular flexibility index (Phi) is 2.87. The highest BCUT2D eigenvalue weighted by molar-refractivity contribution is 9.10. The molecule has 0 spiro atoms. The third-order valence-corrected chi connectivity index (χ3v) is 3.64. The van der Waals surface area contributed by atoms with Gasteiger partial charge in [0.25, 0.3) is 5.56 Å². The van der Waals surface area contributed by atoms with E-state index >= 15 is 0 Å².